The Morgan fingerprint density at radius 3 is 2.31 bits per heavy atom. The highest BCUT2D eigenvalue weighted by molar-refractivity contribution is 9.09. The zero-order valence-electron chi connectivity index (χ0n) is 19.2. The Morgan fingerprint density at radius 2 is 1.64 bits per heavy atom. The largest absolute Gasteiger partial charge is 0.455 e. The maximum absolute atomic E-state index is 13.3. The van der Waals surface area contributed by atoms with Crippen LogP contribution in [0.15, 0.2) is 74.2 Å². The third kappa shape index (κ3) is 4.39. The van der Waals surface area contributed by atoms with Gasteiger partial charge in [0.25, 0.3) is 0 Å². The number of rotatable bonds is 6. The molecule has 1 unspecified atom stereocenters. The Balaban J connectivity index is 2.05. The molecule has 0 bridgehead atoms. The van der Waals surface area contributed by atoms with Crippen LogP contribution in [0.25, 0.3) is 21.9 Å². The van der Waals surface area contributed by atoms with Crippen LogP contribution < -0.4 is 10.7 Å². The molecule has 0 aliphatic carbocycles. The van der Waals surface area contributed by atoms with E-state index in [0.717, 1.165) is 0 Å². The maximum atomic E-state index is 13.3. The van der Waals surface area contributed by atoms with Crippen LogP contribution in [0.2, 0.25) is 0 Å². The molecule has 7 nitrogen and oxygen atoms in total. The van der Waals surface area contributed by atoms with Crippen molar-refractivity contribution >= 4 is 49.8 Å². The van der Waals surface area contributed by atoms with Crippen LogP contribution in [-0.4, -0.2) is 30.5 Å². The highest BCUT2D eigenvalue weighted by Crippen LogP contribution is 2.42. The van der Waals surface area contributed by atoms with Gasteiger partial charge >= 0.3 is 11.9 Å². The molecular formula is C28H20BrNO6. The molecule has 0 spiro atoms. The van der Waals surface area contributed by atoms with E-state index in [4.69, 9.17) is 26.7 Å². The molecule has 1 N–H and O–H groups in total. The molecule has 8 heteroatoms. The quantitative estimate of drug-likeness (QED) is 0.217. The summed E-state index contributed by atoms with van der Waals surface area (Å²) in [5, 5.41) is 4.04. The number of nitrogens with one attached hydrogen (secondary N) is 1. The zero-order valence-corrected chi connectivity index (χ0v) is 20.8. The van der Waals surface area contributed by atoms with Crippen LogP contribution in [0.4, 0.5) is 0 Å². The Bertz CT molecular complexity index is 1600. The topological polar surface area (TPSA) is 94.8 Å². The highest BCUT2D eigenvalue weighted by Gasteiger charge is 2.40. The van der Waals surface area contributed by atoms with E-state index in [-0.39, 0.29) is 40.7 Å². The lowest BCUT2D eigenvalue weighted by atomic mass is 9.79. The van der Waals surface area contributed by atoms with Crippen LogP contribution in [-0.2, 0) is 19.1 Å². The van der Waals surface area contributed by atoms with Gasteiger partial charge in [0.2, 0.25) is 5.43 Å². The summed E-state index contributed by atoms with van der Waals surface area (Å²) < 4.78 is 16.7. The Labute approximate surface area is 215 Å². The third-order valence-corrected chi connectivity index (χ3v) is 6.30. The highest BCUT2D eigenvalue weighted by atomic mass is 79.9. The summed E-state index contributed by atoms with van der Waals surface area (Å²) in [6, 6.07) is 11.9. The molecule has 0 saturated heterocycles. The fraction of sp³-hybridized carbons (Fsp3) is 0.179. The van der Waals surface area contributed by atoms with E-state index in [1.807, 2.05) is 0 Å². The molecule has 4 rings (SSSR count). The number of benzene rings is 2. The number of esters is 2. The van der Waals surface area contributed by atoms with Crippen molar-refractivity contribution in [2.45, 2.75) is 12.8 Å². The fourth-order valence-corrected chi connectivity index (χ4v) is 4.71. The second-order valence-corrected chi connectivity index (χ2v) is 8.40. The second kappa shape index (κ2) is 10.6. The van der Waals surface area contributed by atoms with Gasteiger partial charge in [-0.15, -0.1) is 12.8 Å². The lowest BCUT2D eigenvalue weighted by Gasteiger charge is -2.31. The van der Waals surface area contributed by atoms with Crippen molar-refractivity contribution in [2.75, 3.05) is 18.5 Å². The molecular weight excluding hydrogens is 526 g/mol. The Kier molecular flexibility index (Phi) is 7.28. The van der Waals surface area contributed by atoms with Gasteiger partial charge in [0.15, 0.2) is 13.2 Å². The minimum absolute atomic E-state index is 0.128. The van der Waals surface area contributed by atoms with Crippen molar-refractivity contribution in [2.24, 2.45) is 0 Å². The van der Waals surface area contributed by atoms with Gasteiger partial charge in [-0.1, -0.05) is 52.0 Å². The van der Waals surface area contributed by atoms with Gasteiger partial charge in [-0.2, -0.15) is 0 Å². The minimum Gasteiger partial charge on any atom is -0.455 e. The maximum Gasteiger partial charge on any atom is 0.337 e. The molecule has 180 valence electrons. The lowest BCUT2D eigenvalue weighted by molar-refractivity contribution is -0.138. The van der Waals surface area contributed by atoms with Crippen molar-refractivity contribution in [3.63, 3.8) is 0 Å². The van der Waals surface area contributed by atoms with Crippen molar-refractivity contribution in [3.05, 3.63) is 80.8 Å². The Hall–Kier alpha value is -4.27. The van der Waals surface area contributed by atoms with E-state index in [9.17, 15) is 14.4 Å². The molecule has 3 aromatic rings. The normalized spacial score (nSPS) is 15.3. The molecule has 36 heavy (non-hydrogen) atoms. The number of halogens is 1. The van der Waals surface area contributed by atoms with E-state index in [1.54, 1.807) is 49.4 Å². The summed E-state index contributed by atoms with van der Waals surface area (Å²) in [5.41, 5.74) is 1.96. The number of alkyl halides is 1. The number of allylic oxidation sites excluding steroid dienone is 2. The molecule has 1 aliphatic rings. The number of ether oxygens (including phenoxy) is 2. The van der Waals surface area contributed by atoms with Crippen molar-refractivity contribution < 1.29 is 23.5 Å². The van der Waals surface area contributed by atoms with E-state index < -0.39 is 17.9 Å². The average molecular weight is 546 g/mol. The number of terminal acetylenes is 2. The molecule has 2 aromatic carbocycles. The van der Waals surface area contributed by atoms with Gasteiger partial charge in [0.1, 0.15) is 11.2 Å². The van der Waals surface area contributed by atoms with E-state index in [2.05, 4.69) is 33.1 Å². The summed E-state index contributed by atoms with van der Waals surface area (Å²) in [6.07, 6.45) is 10.6. The predicted molar refractivity (Wildman–Crippen MR) is 139 cm³/mol. The summed E-state index contributed by atoms with van der Waals surface area (Å²) >= 11 is 3.40. The molecule has 1 aromatic heterocycles. The zero-order chi connectivity index (χ0) is 25.8. The first-order valence-corrected chi connectivity index (χ1v) is 12.0. The molecule has 0 amide bonds. The number of dihydropyridines is 1. The van der Waals surface area contributed by atoms with E-state index in [1.165, 1.54) is 0 Å². The van der Waals surface area contributed by atoms with Crippen LogP contribution in [0.1, 0.15) is 18.4 Å². The number of carbonyl (C=O) groups is 2. The molecule has 1 atom stereocenters. The first-order valence-electron chi connectivity index (χ1n) is 10.8. The van der Waals surface area contributed by atoms with Gasteiger partial charge in [0, 0.05) is 22.3 Å². The summed E-state index contributed by atoms with van der Waals surface area (Å²) in [6.45, 7) is 1.16. The van der Waals surface area contributed by atoms with Crippen LogP contribution >= 0.6 is 15.9 Å². The summed E-state index contributed by atoms with van der Waals surface area (Å²) in [7, 11) is 0. The molecule has 0 saturated carbocycles. The number of para-hydroxylation sites is 2. The van der Waals surface area contributed by atoms with Crippen molar-refractivity contribution in [1.82, 2.24) is 5.32 Å². The van der Waals surface area contributed by atoms with Crippen molar-refractivity contribution in [1.29, 1.82) is 0 Å². The Morgan fingerprint density at radius 1 is 1.00 bits per heavy atom. The number of hydrogen-bond acceptors (Lipinski definition) is 7. The summed E-state index contributed by atoms with van der Waals surface area (Å²) in [4.78, 5) is 39.8. The SMILES string of the molecule is C#CCOC(=O)C1=C(C)NC(CBr)=C(C(=O)OCC#C)C1c1cccc2c(=O)c3ccccc3oc12. The number of carbonyl (C=O) groups excluding carboxylic acids is 2. The first kappa shape index (κ1) is 24.8. The van der Waals surface area contributed by atoms with Crippen molar-refractivity contribution in [3.8, 4) is 24.7 Å². The van der Waals surface area contributed by atoms with E-state index >= 15 is 0 Å². The number of hydrogen-bond donors (Lipinski definition) is 1. The van der Waals surface area contributed by atoms with Crippen LogP contribution in [0.3, 0.4) is 0 Å². The van der Waals surface area contributed by atoms with Crippen LogP contribution in [0.5, 0.6) is 0 Å². The van der Waals surface area contributed by atoms with Gasteiger partial charge in [-0.3, -0.25) is 4.79 Å². The van der Waals surface area contributed by atoms with Gasteiger partial charge < -0.3 is 19.2 Å². The predicted octanol–water partition coefficient (Wildman–Crippen LogP) is 3.91. The molecule has 0 fully saturated rings. The summed E-state index contributed by atoms with van der Waals surface area (Å²) in [5.74, 6) is 2.09. The van der Waals surface area contributed by atoms with Gasteiger partial charge in [0.05, 0.1) is 27.8 Å². The fourth-order valence-electron chi connectivity index (χ4n) is 4.27. The van der Waals surface area contributed by atoms with Gasteiger partial charge in [-0.25, -0.2) is 9.59 Å². The minimum atomic E-state index is -0.998. The van der Waals surface area contributed by atoms with Gasteiger partial charge in [-0.05, 0) is 25.1 Å². The standard InChI is InChI=1S/C28H20BrNO6/c1-4-13-34-27(32)22-16(3)30-20(15-29)24(28(33)35-14-5-2)23(22)18-10-8-11-19-25(31)17-9-6-7-12-21(17)36-26(18)19/h1-2,6-12,23,30H,13-15H2,3H3. The first-order chi connectivity index (χ1) is 17.4. The lowest BCUT2D eigenvalue weighted by Crippen LogP contribution is -2.34. The second-order valence-electron chi connectivity index (χ2n) is 7.83. The molecule has 0 radical (unpaired) electrons. The smallest absolute Gasteiger partial charge is 0.337 e. The average Bonchev–Trinajstić information content (AvgIpc) is 2.89. The van der Waals surface area contributed by atoms with E-state index in [0.29, 0.717) is 33.3 Å². The number of fused-ring (bicyclic) bond motifs is 2. The third-order valence-electron chi connectivity index (χ3n) is 5.74. The molecule has 2 heterocycles. The van der Waals surface area contributed by atoms with Crippen LogP contribution in [0, 0.1) is 24.7 Å². The molecule has 1 aliphatic heterocycles. The monoisotopic (exact) mass is 545 g/mol.